The Morgan fingerprint density at radius 3 is 2.79 bits per heavy atom. The standard InChI is InChI=1S/C11H16BrNO/c1-8(13)6-10-9(7-14-2)4-3-5-11(10)12/h3-5,8H,6-7,13H2,1-2H3. The van der Waals surface area contributed by atoms with Gasteiger partial charge in [0.25, 0.3) is 0 Å². The van der Waals surface area contributed by atoms with E-state index >= 15 is 0 Å². The highest BCUT2D eigenvalue weighted by Gasteiger charge is 2.08. The van der Waals surface area contributed by atoms with Gasteiger partial charge in [0.2, 0.25) is 0 Å². The van der Waals surface area contributed by atoms with Gasteiger partial charge in [-0.15, -0.1) is 0 Å². The van der Waals surface area contributed by atoms with E-state index in [9.17, 15) is 0 Å². The van der Waals surface area contributed by atoms with E-state index < -0.39 is 0 Å². The van der Waals surface area contributed by atoms with Gasteiger partial charge < -0.3 is 10.5 Å². The first-order valence-electron chi connectivity index (χ1n) is 4.66. The second-order valence-electron chi connectivity index (χ2n) is 3.49. The Morgan fingerprint density at radius 2 is 2.21 bits per heavy atom. The molecular weight excluding hydrogens is 242 g/mol. The Labute approximate surface area is 93.6 Å². The van der Waals surface area contributed by atoms with Crippen LogP contribution in [-0.2, 0) is 17.8 Å². The molecule has 0 radical (unpaired) electrons. The highest BCUT2D eigenvalue weighted by Crippen LogP contribution is 2.22. The highest BCUT2D eigenvalue weighted by atomic mass is 79.9. The number of rotatable bonds is 4. The van der Waals surface area contributed by atoms with Gasteiger partial charge in [-0.2, -0.15) is 0 Å². The van der Waals surface area contributed by atoms with Gasteiger partial charge in [-0.25, -0.2) is 0 Å². The minimum atomic E-state index is 0.171. The molecule has 78 valence electrons. The average molecular weight is 258 g/mol. The summed E-state index contributed by atoms with van der Waals surface area (Å²) in [5.74, 6) is 0. The molecule has 0 aliphatic carbocycles. The molecule has 0 aliphatic heterocycles. The van der Waals surface area contributed by atoms with Crippen molar-refractivity contribution in [3.63, 3.8) is 0 Å². The van der Waals surface area contributed by atoms with Gasteiger partial charge in [-0.3, -0.25) is 0 Å². The van der Waals surface area contributed by atoms with Crippen LogP contribution in [0, 0.1) is 0 Å². The van der Waals surface area contributed by atoms with Crippen molar-refractivity contribution < 1.29 is 4.74 Å². The maximum Gasteiger partial charge on any atom is 0.0716 e. The van der Waals surface area contributed by atoms with Gasteiger partial charge in [0, 0.05) is 17.6 Å². The molecule has 1 aromatic carbocycles. The van der Waals surface area contributed by atoms with Gasteiger partial charge in [-0.1, -0.05) is 28.1 Å². The minimum Gasteiger partial charge on any atom is -0.380 e. The van der Waals surface area contributed by atoms with Crippen LogP contribution < -0.4 is 5.73 Å². The van der Waals surface area contributed by atoms with Gasteiger partial charge in [0.15, 0.2) is 0 Å². The minimum absolute atomic E-state index is 0.171. The fourth-order valence-electron chi connectivity index (χ4n) is 1.44. The van der Waals surface area contributed by atoms with E-state index in [0.29, 0.717) is 6.61 Å². The van der Waals surface area contributed by atoms with E-state index in [-0.39, 0.29) is 6.04 Å². The van der Waals surface area contributed by atoms with E-state index in [1.807, 2.05) is 19.1 Å². The summed E-state index contributed by atoms with van der Waals surface area (Å²) < 4.78 is 6.26. The van der Waals surface area contributed by atoms with E-state index in [1.165, 1.54) is 11.1 Å². The molecule has 0 heterocycles. The van der Waals surface area contributed by atoms with Gasteiger partial charge in [0.1, 0.15) is 0 Å². The second-order valence-corrected chi connectivity index (χ2v) is 4.35. The van der Waals surface area contributed by atoms with Crippen molar-refractivity contribution in [1.82, 2.24) is 0 Å². The topological polar surface area (TPSA) is 35.2 Å². The zero-order valence-electron chi connectivity index (χ0n) is 8.59. The number of benzene rings is 1. The predicted molar refractivity (Wildman–Crippen MR) is 62.2 cm³/mol. The van der Waals surface area contributed by atoms with Crippen LogP contribution in [0.5, 0.6) is 0 Å². The van der Waals surface area contributed by atoms with Gasteiger partial charge in [0.05, 0.1) is 6.61 Å². The normalized spacial score (nSPS) is 12.9. The quantitative estimate of drug-likeness (QED) is 0.900. The zero-order chi connectivity index (χ0) is 10.6. The third kappa shape index (κ3) is 3.08. The maximum atomic E-state index is 5.80. The molecule has 1 rings (SSSR count). The molecule has 1 aromatic rings. The van der Waals surface area contributed by atoms with Crippen LogP contribution in [0.15, 0.2) is 22.7 Å². The molecule has 0 aromatic heterocycles. The van der Waals surface area contributed by atoms with Crippen LogP contribution in [0.3, 0.4) is 0 Å². The molecule has 0 aliphatic rings. The number of halogens is 1. The lowest BCUT2D eigenvalue weighted by molar-refractivity contribution is 0.184. The number of hydrogen-bond acceptors (Lipinski definition) is 2. The molecule has 2 N–H and O–H groups in total. The van der Waals surface area contributed by atoms with Gasteiger partial charge >= 0.3 is 0 Å². The van der Waals surface area contributed by atoms with Crippen molar-refractivity contribution in [2.45, 2.75) is 26.0 Å². The molecule has 0 saturated heterocycles. The Kier molecular flexibility index (Phi) is 4.58. The molecule has 3 heteroatoms. The molecule has 0 saturated carbocycles. The predicted octanol–water partition coefficient (Wildman–Crippen LogP) is 2.49. The third-order valence-corrected chi connectivity index (χ3v) is 2.78. The first-order valence-corrected chi connectivity index (χ1v) is 5.45. The summed E-state index contributed by atoms with van der Waals surface area (Å²) in [6, 6.07) is 6.30. The lowest BCUT2D eigenvalue weighted by Gasteiger charge is -2.12. The van der Waals surface area contributed by atoms with E-state index in [4.69, 9.17) is 10.5 Å². The Morgan fingerprint density at radius 1 is 1.50 bits per heavy atom. The molecule has 14 heavy (non-hydrogen) atoms. The summed E-state index contributed by atoms with van der Waals surface area (Å²) in [6.45, 7) is 2.65. The Hall–Kier alpha value is -0.380. The lowest BCUT2D eigenvalue weighted by atomic mass is 10.0. The Balaban J connectivity index is 2.96. The number of methoxy groups -OCH3 is 1. The molecule has 0 spiro atoms. The molecule has 2 nitrogen and oxygen atoms in total. The number of ether oxygens (including phenoxy) is 1. The van der Waals surface area contributed by atoms with E-state index in [1.54, 1.807) is 7.11 Å². The van der Waals surface area contributed by atoms with Crippen molar-refractivity contribution in [2.24, 2.45) is 5.73 Å². The van der Waals surface area contributed by atoms with Crippen LogP contribution in [0.2, 0.25) is 0 Å². The monoisotopic (exact) mass is 257 g/mol. The number of hydrogen-bond donors (Lipinski definition) is 1. The largest absolute Gasteiger partial charge is 0.380 e. The molecule has 1 unspecified atom stereocenters. The smallest absolute Gasteiger partial charge is 0.0716 e. The third-order valence-electron chi connectivity index (χ3n) is 2.04. The van der Waals surface area contributed by atoms with Crippen molar-refractivity contribution in [2.75, 3.05) is 7.11 Å². The SMILES string of the molecule is COCc1cccc(Br)c1CC(C)N. The van der Waals surface area contributed by atoms with Crippen LogP contribution in [0.25, 0.3) is 0 Å². The summed E-state index contributed by atoms with van der Waals surface area (Å²) in [6.07, 6.45) is 0.875. The molecule has 0 amide bonds. The van der Waals surface area contributed by atoms with Crippen molar-refractivity contribution in [1.29, 1.82) is 0 Å². The summed E-state index contributed by atoms with van der Waals surface area (Å²) in [5, 5.41) is 0. The number of nitrogens with two attached hydrogens (primary N) is 1. The lowest BCUT2D eigenvalue weighted by Crippen LogP contribution is -2.19. The fourth-order valence-corrected chi connectivity index (χ4v) is 2.01. The van der Waals surface area contributed by atoms with Crippen LogP contribution >= 0.6 is 15.9 Å². The van der Waals surface area contributed by atoms with Gasteiger partial charge in [-0.05, 0) is 30.5 Å². The summed E-state index contributed by atoms with van der Waals surface area (Å²) in [7, 11) is 1.70. The first kappa shape index (κ1) is 11.7. The summed E-state index contributed by atoms with van der Waals surface area (Å²) in [5.41, 5.74) is 8.26. The molecule has 1 atom stereocenters. The van der Waals surface area contributed by atoms with E-state index in [0.717, 1.165) is 10.9 Å². The van der Waals surface area contributed by atoms with Crippen molar-refractivity contribution >= 4 is 15.9 Å². The first-order chi connectivity index (χ1) is 6.65. The van der Waals surface area contributed by atoms with Crippen LogP contribution in [0.1, 0.15) is 18.1 Å². The second kappa shape index (κ2) is 5.49. The average Bonchev–Trinajstić information content (AvgIpc) is 2.11. The van der Waals surface area contributed by atoms with Crippen molar-refractivity contribution in [3.05, 3.63) is 33.8 Å². The van der Waals surface area contributed by atoms with Crippen molar-refractivity contribution in [3.8, 4) is 0 Å². The molecular formula is C11H16BrNO. The molecule has 0 fully saturated rings. The maximum absolute atomic E-state index is 5.80. The summed E-state index contributed by atoms with van der Waals surface area (Å²) in [4.78, 5) is 0. The van der Waals surface area contributed by atoms with E-state index in [2.05, 4.69) is 22.0 Å². The zero-order valence-corrected chi connectivity index (χ0v) is 10.2. The molecule has 0 bridgehead atoms. The highest BCUT2D eigenvalue weighted by molar-refractivity contribution is 9.10. The van der Waals surface area contributed by atoms with Crippen LogP contribution in [-0.4, -0.2) is 13.2 Å². The summed E-state index contributed by atoms with van der Waals surface area (Å²) >= 11 is 3.53. The Bertz CT molecular complexity index is 299. The fraction of sp³-hybridized carbons (Fsp3) is 0.455. The van der Waals surface area contributed by atoms with Crippen LogP contribution in [0.4, 0.5) is 0 Å².